The Hall–Kier alpha value is -2.47. The molecule has 0 spiro atoms. The first-order valence-corrected chi connectivity index (χ1v) is 8.18. The zero-order valence-corrected chi connectivity index (χ0v) is 14.0. The molecular formula is C18H22N4O2. The van der Waals surface area contributed by atoms with Crippen molar-refractivity contribution in [3.8, 4) is 0 Å². The summed E-state index contributed by atoms with van der Waals surface area (Å²) in [4.78, 5) is 20.7. The number of rotatable bonds is 5. The number of aryl methyl sites for hydroxylation is 2. The molecule has 2 N–H and O–H groups in total. The minimum atomic E-state index is -0.212. The molecule has 6 heteroatoms. The lowest BCUT2D eigenvalue weighted by Crippen LogP contribution is -2.32. The summed E-state index contributed by atoms with van der Waals surface area (Å²) in [6.45, 7) is 5.36. The van der Waals surface area contributed by atoms with E-state index in [1.807, 2.05) is 26.0 Å². The number of carbonyl (C=O) groups is 1. The molecule has 1 unspecified atom stereocenters. The van der Waals surface area contributed by atoms with Gasteiger partial charge in [0.15, 0.2) is 0 Å². The molecule has 24 heavy (non-hydrogen) atoms. The number of benzene rings is 1. The molecule has 126 valence electrons. The Bertz CT molecular complexity index is 706. The van der Waals surface area contributed by atoms with Crippen molar-refractivity contribution in [2.75, 3.05) is 18.5 Å². The van der Waals surface area contributed by atoms with Crippen molar-refractivity contribution >= 4 is 17.5 Å². The van der Waals surface area contributed by atoms with Gasteiger partial charge in [0.2, 0.25) is 5.95 Å². The molecule has 1 aliphatic heterocycles. The van der Waals surface area contributed by atoms with E-state index in [1.165, 1.54) is 0 Å². The molecule has 1 saturated heterocycles. The first-order valence-electron chi connectivity index (χ1n) is 8.18. The van der Waals surface area contributed by atoms with Crippen LogP contribution in [0.5, 0.6) is 0 Å². The third-order valence-electron chi connectivity index (χ3n) is 3.88. The molecule has 0 bridgehead atoms. The highest BCUT2D eigenvalue weighted by Gasteiger charge is 2.17. The predicted molar refractivity (Wildman–Crippen MR) is 92.5 cm³/mol. The molecule has 1 atom stereocenters. The van der Waals surface area contributed by atoms with Crippen LogP contribution < -0.4 is 10.6 Å². The van der Waals surface area contributed by atoms with E-state index >= 15 is 0 Å². The number of amides is 1. The maximum Gasteiger partial charge on any atom is 0.270 e. The molecule has 0 aliphatic carbocycles. The van der Waals surface area contributed by atoms with Crippen LogP contribution in [0.1, 0.15) is 34.5 Å². The van der Waals surface area contributed by atoms with E-state index in [2.05, 4.69) is 26.7 Å². The third kappa shape index (κ3) is 4.29. The van der Waals surface area contributed by atoms with Gasteiger partial charge in [0.05, 0.1) is 6.10 Å². The van der Waals surface area contributed by atoms with E-state index in [-0.39, 0.29) is 12.0 Å². The fourth-order valence-electron chi connectivity index (χ4n) is 2.82. The Kier molecular flexibility index (Phi) is 5.05. The summed E-state index contributed by atoms with van der Waals surface area (Å²) in [5.41, 5.74) is 3.56. The normalized spacial score (nSPS) is 16.8. The van der Waals surface area contributed by atoms with Crippen molar-refractivity contribution in [2.24, 2.45) is 0 Å². The van der Waals surface area contributed by atoms with E-state index in [0.717, 1.165) is 36.3 Å². The summed E-state index contributed by atoms with van der Waals surface area (Å²) in [6.07, 6.45) is 3.74. The highest BCUT2D eigenvalue weighted by atomic mass is 16.5. The van der Waals surface area contributed by atoms with Gasteiger partial charge in [-0.25, -0.2) is 9.97 Å². The van der Waals surface area contributed by atoms with Crippen molar-refractivity contribution < 1.29 is 9.53 Å². The molecule has 1 amide bonds. The Morgan fingerprint density at radius 1 is 1.29 bits per heavy atom. The highest BCUT2D eigenvalue weighted by Crippen LogP contribution is 2.17. The van der Waals surface area contributed by atoms with Gasteiger partial charge < -0.3 is 15.4 Å². The van der Waals surface area contributed by atoms with E-state index < -0.39 is 0 Å². The van der Waals surface area contributed by atoms with Crippen LogP contribution in [0.15, 0.2) is 30.5 Å². The zero-order chi connectivity index (χ0) is 16.9. The molecular weight excluding hydrogens is 304 g/mol. The summed E-state index contributed by atoms with van der Waals surface area (Å²) < 4.78 is 5.50. The Morgan fingerprint density at radius 3 is 2.79 bits per heavy atom. The van der Waals surface area contributed by atoms with Crippen molar-refractivity contribution in [3.05, 3.63) is 47.3 Å². The highest BCUT2D eigenvalue weighted by molar-refractivity contribution is 5.92. The first-order chi connectivity index (χ1) is 11.6. The number of anilines is 2. The van der Waals surface area contributed by atoms with Crippen LogP contribution in [0.25, 0.3) is 0 Å². The molecule has 0 radical (unpaired) electrons. The third-order valence-corrected chi connectivity index (χ3v) is 3.88. The van der Waals surface area contributed by atoms with Gasteiger partial charge in [0.1, 0.15) is 5.69 Å². The van der Waals surface area contributed by atoms with Crippen molar-refractivity contribution in [1.82, 2.24) is 15.3 Å². The average Bonchev–Trinajstić information content (AvgIpc) is 3.05. The molecule has 1 fully saturated rings. The molecule has 6 nitrogen and oxygen atoms in total. The van der Waals surface area contributed by atoms with Crippen LogP contribution in [0.3, 0.4) is 0 Å². The average molecular weight is 326 g/mol. The van der Waals surface area contributed by atoms with Crippen molar-refractivity contribution in [2.45, 2.75) is 32.8 Å². The van der Waals surface area contributed by atoms with E-state index in [9.17, 15) is 4.79 Å². The van der Waals surface area contributed by atoms with Crippen LogP contribution in [0.2, 0.25) is 0 Å². The Labute approximate surface area is 141 Å². The maximum absolute atomic E-state index is 12.2. The predicted octanol–water partition coefficient (Wildman–Crippen LogP) is 2.75. The number of carbonyl (C=O) groups excluding carboxylic acids is 1. The lowest BCUT2D eigenvalue weighted by atomic mass is 10.1. The molecule has 2 aromatic rings. The lowest BCUT2D eigenvalue weighted by molar-refractivity contribution is 0.0853. The second-order valence-corrected chi connectivity index (χ2v) is 6.11. The Morgan fingerprint density at radius 2 is 2.08 bits per heavy atom. The lowest BCUT2D eigenvalue weighted by Gasteiger charge is -2.11. The van der Waals surface area contributed by atoms with Crippen LogP contribution >= 0.6 is 0 Å². The number of ether oxygens (including phenoxy) is 1. The van der Waals surface area contributed by atoms with Gasteiger partial charge in [-0.15, -0.1) is 0 Å². The summed E-state index contributed by atoms with van der Waals surface area (Å²) in [6, 6.07) is 7.74. The number of nitrogens with zero attached hydrogens (tertiary/aromatic N) is 2. The van der Waals surface area contributed by atoms with Crippen LogP contribution in [0, 0.1) is 13.8 Å². The molecule has 1 aliphatic rings. The Balaban J connectivity index is 1.65. The number of hydrogen-bond acceptors (Lipinski definition) is 5. The van der Waals surface area contributed by atoms with Gasteiger partial charge in [-0.3, -0.25) is 4.79 Å². The van der Waals surface area contributed by atoms with Gasteiger partial charge in [0, 0.05) is 25.0 Å². The van der Waals surface area contributed by atoms with E-state index in [4.69, 9.17) is 4.74 Å². The second kappa shape index (κ2) is 7.40. The summed E-state index contributed by atoms with van der Waals surface area (Å²) in [7, 11) is 0. The molecule has 3 rings (SSSR count). The van der Waals surface area contributed by atoms with Crippen molar-refractivity contribution in [3.63, 3.8) is 0 Å². The second-order valence-electron chi connectivity index (χ2n) is 6.11. The molecule has 1 aromatic heterocycles. The van der Waals surface area contributed by atoms with Crippen molar-refractivity contribution in [1.29, 1.82) is 0 Å². The summed E-state index contributed by atoms with van der Waals surface area (Å²) in [5, 5.41) is 6.02. The SMILES string of the molecule is Cc1cc(C)cc(Nc2nccc(C(=O)NCC3CCCO3)n2)c1. The standard InChI is InChI=1S/C18H22N4O2/c1-12-8-13(2)10-14(9-12)21-18-19-6-5-16(22-18)17(23)20-11-15-4-3-7-24-15/h5-6,8-10,15H,3-4,7,11H2,1-2H3,(H,20,23)(H,19,21,22). The monoisotopic (exact) mass is 326 g/mol. The molecule has 0 saturated carbocycles. The van der Waals surface area contributed by atoms with Gasteiger partial charge in [-0.05, 0) is 56.0 Å². The minimum Gasteiger partial charge on any atom is -0.376 e. The largest absolute Gasteiger partial charge is 0.376 e. The summed E-state index contributed by atoms with van der Waals surface area (Å²) in [5.74, 6) is 0.195. The van der Waals surface area contributed by atoms with E-state index in [0.29, 0.717) is 18.2 Å². The quantitative estimate of drug-likeness (QED) is 0.883. The van der Waals surface area contributed by atoms with Crippen LogP contribution in [-0.4, -0.2) is 35.1 Å². The number of aromatic nitrogens is 2. The van der Waals surface area contributed by atoms with Crippen LogP contribution in [0.4, 0.5) is 11.6 Å². The zero-order valence-electron chi connectivity index (χ0n) is 14.0. The fourth-order valence-corrected chi connectivity index (χ4v) is 2.82. The van der Waals surface area contributed by atoms with Gasteiger partial charge in [0.25, 0.3) is 5.91 Å². The topological polar surface area (TPSA) is 76.1 Å². The smallest absolute Gasteiger partial charge is 0.270 e. The minimum absolute atomic E-state index is 0.114. The van der Waals surface area contributed by atoms with Crippen LogP contribution in [-0.2, 0) is 4.74 Å². The van der Waals surface area contributed by atoms with Gasteiger partial charge in [-0.2, -0.15) is 0 Å². The molecule has 1 aromatic carbocycles. The van der Waals surface area contributed by atoms with E-state index in [1.54, 1.807) is 12.3 Å². The summed E-state index contributed by atoms with van der Waals surface area (Å²) >= 11 is 0. The first kappa shape index (κ1) is 16.4. The number of nitrogens with one attached hydrogen (secondary N) is 2. The fraction of sp³-hybridized carbons (Fsp3) is 0.389. The molecule has 2 heterocycles. The number of hydrogen-bond donors (Lipinski definition) is 2. The maximum atomic E-state index is 12.2. The van der Waals surface area contributed by atoms with Gasteiger partial charge >= 0.3 is 0 Å². The van der Waals surface area contributed by atoms with Gasteiger partial charge in [-0.1, -0.05) is 6.07 Å².